The number of hydrogen-bond donors (Lipinski definition) is 0. The van der Waals surface area contributed by atoms with Crippen molar-refractivity contribution in [1.29, 1.82) is 0 Å². The highest BCUT2D eigenvalue weighted by Crippen LogP contribution is 2.13. The first-order chi connectivity index (χ1) is 7.70. The molecule has 16 heavy (non-hydrogen) atoms. The molecule has 0 N–H and O–H groups in total. The molecule has 1 aliphatic rings. The Hall–Kier alpha value is -1.29. The van der Waals surface area contributed by atoms with Gasteiger partial charge in [-0.2, -0.15) is 0 Å². The van der Waals surface area contributed by atoms with Gasteiger partial charge in [-0.3, -0.25) is 4.79 Å². The number of nitrogens with zero attached hydrogens (tertiary/aromatic N) is 1. The molecule has 0 bridgehead atoms. The second kappa shape index (κ2) is 4.70. The maximum Gasteiger partial charge on any atom is 0.289 e. The second-order valence-corrected chi connectivity index (χ2v) is 4.05. The van der Waals surface area contributed by atoms with E-state index in [1.807, 2.05) is 19.9 Å². The third kappa shape index (κ3) is 2.27. The quantitative estimate of drug-likeness (QED) is 0.766. The summed E-state index contributed by atoms with van der Waals surface area (Å²) in [5.41, 5.74) is 0. The van der Waals surface area contributed by atoms with Crippen LogP contribution in [0, 0.1) is 0 Å². The van der Waals surface area contributed by atoms with Crippen molar-refractivity contribution in [3.8, 4) is 0 Å². The molecule has 1 atom stereocenters. The largest absolute Gasteiger partial charge is 0.456 e. The average molecular weight is 223 g/mol. The summed E-state index contributed by atoms with van der Waals surface area (Å²) in [6.45, 7) is 5.86. The zero-order valence-corrected chi connectivity index (χ0v) is 9.73. The first-order valence-corrected chi connectivity index (χ1v) is 5.70. The van der Waals surface area contributed by atoms with Gasteiger partial charge in [0, 0.05) is 19.5 Å². The van der Waals surface area contributed by atoms with Crippen molar-refractivity contribution in [1.82, 2.24) is 4.90 Å². The number of ether oxygens (including phenoxy) is 1. The molecule has 88 valence electrons. The van der Waals surface area contributed by atoms with E-state index in [1.54, 1.807) is 11.0 Å². The summed E-state index contributed by atoms with van der Waals surface area (Å²) in [4.78, 5) is 13.8. The molecule has 0 aliphatic carbocycles. The van der Waals surface area contributed by atoms with Gasteiger partial charge in [-0.05, 0) is 19.1 Å². The van der Waals surface area contributed by atoms with Crippen LogP contribution in [0.2, 0.25) is 0 Å². The molecule has 1 fully saturated rings. The fourth-order valence-electron chi connectivity index (χ4n) is 1.84. The van der Waals surface area contributed by atoms with E-state index in [0.717, 1.165) is 12.2 Å². The van der Waals surface area contributed by atoms with E-state index in [0.29, 0.717) is 25.5 Å². The number of hydrogen-bond acceptors (Lipinski definition) is 3. The van der Waals surface area contributed by atoms with Gasteiger partial charge in [-0.25, -0.2) is 0 Å². The van der Waals surface area contributed by atoms with E-state index in [4.69, 9.17) is 9.15 Å². The maximum atomic E-state index is 12.1. The molecule has 4 heteroatoms. The standard InChI is InChI=1S/C12H17NO3/c1-3-10-4-5-11(16-10)12(14)13-6-7-15-9(2)8-13/h4-5,9H,3,6-8H2,1-2H3. The molecular formula is C12H17NO3. The number of rotatable bonds is 2. The van der Waals surface area contributed by atoms with Crippen molar-refractivity contribution in [3.05, 3.63) is 23.7 Å². The summed E-state index contributed by atoms with van der Waals surface area (Å²) in [5.74, 6) is 1.26. The van der Waals surface area contributed by atoms with Crippen LogP contribution in [0.3, 0.4) is 0 Å². The Morgan fingerprint density at radius 3 is 3.00 bits per heavy atom. The SMILES string of the molecule is CCc1ccc(C(=O)N2CCOC(C)C2)o1. The van der Waals surface area contributed by atoms with Gasteiger partial charge in [0.25, 0.3) is 5.91 Å². The summed E-state index contributed by atoms with van der Waals surface area (Å²) in [5, 5.41) is 0. The minimum atomic E-state index is -0.0325. The van der Waals surface area contributed by atoms with Crippen LogP contribution in [0.25, 0.3) is 0 Å². The normalized spacial score (nSPS) is 21.1. The topological polar surface area (TPSA) is 42.7 Å². The van der Waals surface area contributed by atoms with E-state index in [9.17, 15) is 4.79 Å². The average Bonchev–Trinajstić information content (AvgIpc) is 2.76. The van der Waals surface area contributed by atoms with Crippen molar-refractivity contribution in [2.45, 2.75) is 26.4 Å². The minimum absolute atomic E-state index is 0.0325. The molecule has 1 aromatic rings. The highest BCUT2D eigenvalue weighted by molar-refractivity contribution is 5.91. The lowest BCUT2D eigenvalue weighted by atomic mass is 10.2. The molecule has 1 aromatic heterocycles. The van der Waals surface area contributed by atoms with Crippen molar-refractivity contribution in [3.63, 3.8) is 0 Å². The Morgan fingerprint density at radius 2 is 2.38 bits per heavy atom. The van der Waals surface area contributed by atoms with Crippen molar-refractivity contribution in [2.24, 2.45) is 0 Å². The smallest absolute Gasteiger partial charge is 0.289 e. The highest BCUT2D eigenvalue weighted by atomic mass is 16.5. The number of furan rings is 1. The predicted molar refractivity (Wildman–Crippen MR) is 59.4 cm³/mol. The summed E-state index contributed by atoms with van der Waals surface area (Å²) in [6.07, 6.45) is 0.922. The van der Waals surface area contributed by atoms with Gasteiger partial charge in [-0.1, -0.05) is 6.92 Å². The number of aryl methyl sites for hydroxylation is 1. The van der Waals surface area contributed by atoms with Gasteiger partial charge >= 0.3 is 0 Å². The molecule has 0 radical (unpaired) electrons. The first-order valence-electron chi connectivity index (χ1n) is 5.70. The molecule has 0 saturated carbocycles. The Kier molecular flexibility index (Phi) is 3.29. The van der Waals surface area contributed by atoms with E-state index in [1.165, 1.54) is 0 Å². The Morgan fingerprint density at radius 1 is 1.56 bits per heavy atom. The van der Waals surface area contributed by atoms with Crippen LogP contribution in [0.5, 0.6) is 0 Å². The van der Waals surface area contributed by atoms with E-state index >= 15 is 0 Å². The van der Waals surface area contributed by atoms with Crippen molar-refractivity contribution >= 4 is 5.91 Å². The fourth-order valence-corrected chi connectivity index (χ4v) is 1.84. The van der Waals surface area contributed by atoms with Crippen LogP contribution in [0.4, 0.5) is 0 Å². The fraction of sp³-hybridized carbons (Fsp3) is 0.583. The summed E-state index contributed by atoms with van der Waals surface area (Å²) < 4.78 is 10.8. The third-order valence-electron chi connectivity index (χ3n) is 2.75. The van der Waals surface area contributed by atoms with Gasteiger partial charge in [0.1, 0.15) is 5.76 Å². The van der Waals surface area contributed by atoms with E-state index in [-0.39, 0.29) is 12.0 Å². The van der Waals surface area contributed by atoms with Crippen LogP contribution in [0.1, 0.15) is 30.2 Å². The molecular weight excluding hydrogens is 206 g/mol. The zero-order valence-electron chi connectivity index (χ0n) is 9.73. The number of carbonyl (C=O) groups excluding carboxylic acids is 1. The maximum absolute atomic E-state index is 12.1. The van der Waals surface area contributed by atoms with Crippen LogP contribution in [-0.2, 0) is 11.2 Å². The first kappa shape index (κ1) is 11.2. The molecule has 4 nitrogen and oxygen atoms in total. The highest BCUT2D eigenvalue weighted by Gasteiger charge is 2.24. The lowest BCUT2D eigenvalue weighted by Gasteiger charge is -2.30. The van der Waals surface area contributed by atoms with Crippen LogP contribution < -0.4 is 0 Å². The van der Waals surface area contributed by atoms with Crippen molar-refractivity contribution in [2.75, 3.05) is 19.7 Å². The lowest BCUT2D eigenvalue weighted by molar-refractivity contribution is -0.0135. The second-order valence-electron chi connectivity index (χ2n) is 4.05. The zero-order chi connectivity index (χ0) is 11.5. The molecule has 0 spiro atoms. The van der Waals surface area contributed by atoms with Gasteiger partial charge in [0.2, 0.25) is 0 Å². The summed E-state index contributed by atoms with van der Waals surface area (Å²) in [6, 6.07) is 3.61. The van der Waals surface area contributed by atoms with E-state index in [2.05, 4.69) is 0 Å². The molecule has 2 rings (SSSR count). The minimum Gasteiger partial charge on any atom is -0.456 e. The summed E-state index contributed by atoms with van der Waals surface area (Å²) in [7, 11) is 0. The van der Waals surface area contributed by atoms with Gasteiger partial charge < -0.3 is 14.1 Å². The lowest BCUT2D eigenvalue weighted by Crippen LogP contribution is -2.44. The summed E-state index contributed by atoms with van der Waals surface area (Å²) >= 11 is 0. The molecule has 1 amide bonds. The Bertz CT molecular complexity index is 372. The molecule has 1 unspecified atom stereocenters. The van der Waals surface area contributed by atoms with Crippen LogP contribution in [-0.4, -0.2) is 36.6 Å². The monoisotopic (exact) mass is 223 g/mol. The Balaban J connectivity index is 2.06. The molecule has 2 heterocycles. The number of amides is 1. The molecule has 1 aliphatic heterocycles. The van der Waals surface area contributed by atoms with E-state index < -0.39 is 0 Å². The van der Waals surface area contributed by atoms with Crippen LogP contribution >= 0.6 is 0 Å². The predicted octanol–water partition coefficient (Wildman–Crippen LogP) is 1.70. The van der Waals surface area contributed by atoms with Gasteiger partial charge in [-0.15, -0.1) is 0 Å². The van der Waals surface area contributed by atoms with Gasteiger partial charge in [0.15, 0.2) is 5.76 Å². The van der Waals surface area contributed by atoms with Gasteiger partial charge in [0.05, 0.1) is 12.7 Å². The number of morpholine rings is 1. The van der Waals surface area contributed by atoms with Crippen molar-refractivity contribution < 1.29 is 13.9 Å². The molecule has 0 aromatic carbocycles. The Labute approximate surface area is 95.2 Å². The molecule has 1 saturated heterocycles. The third-order valence-corrected chi connectivity index (χ3v) is 2.75. The number of carbonyl (C=O) groups is 1. The van der Waals surface area contributed by atoms with Crippen LogP contribution in [0.15, 0.2) is 16.5 Å².